The van der Waals surface area contributed by atoms with Crippen LogP contribution in [0, 0.1) is 34.0 Å². The van der Waals surface area contributed by atoms with E-state index in [-0.39, 0.29) is 37.1 Å². The van der Waals surface area contributed by atoms with Gasteiger partial charge >= 0.3 is 19.1 Å². The lowest BCUT2D eigenvalue weighted by Gasteiger charge is -2.61. The SMILES string of the molecule is C=C[C@]1(C)C[C@@H](OC(=O)COc2ccc3c(c2)B(O)OC3)[C@@]2(C)[C@@H]3C(=O)[C@@H](OC(=O)C(Cl)Cl)C[C@@]3(CC[C@@H]2C)[C@@H](C)[C@@H]1OC=O. The highest BCUT2D eigenvalue weighted by Crippen LogP contribution is 2.68. The Hall–Kier alpha value is -2.60. The van der Waals surface area contributed by atoms with Crippen LogP contribution in [0.1, 0.15) is 58.9 Å². The fourth-order valence-corrected chi connectivity index (χ4v) is 8.79. The Labute approximate surface area is 273 Å². The van der Waals surface area contributed by atoms with Crippen molar-refractivity contribution in [2.75, 3.05) is 6.61 Å². The minimum atomic E-state index is -1.46. The van der Waals surface area contributed by atoms with Crippen molar-refractivity contribution in [3.05, 3.63) is 36.4 Å². The number of benzene rings is 1. The molecule has 0 spiro atoms. The Balaban J connectivity index is 1.51. The zero-order valence-electron chi connectivity index (χ0n) is 25.8. The van der Waals surface area contributed by atoms with Crippen molar-refractivity contribution >= 4 is 60.0 Å². The fraction of sp³-hybridized carbons (Fsp3) is 0.625. The second-order valence-corrected chi connectivity index (χ2v) is 14.5. The van der Waals surface area contributed by atoms with Gasteiger partial charge in [-0.05, 0) is 60.2 Å². The molecule has 3 fully saturated rings. The molecule has 0 aromatic heterocycles. The molecule has 1 aliphatic heterocycles. The molecule has 3 saturated carbocycles. The summed E-state index contributed by atoms with van der Waals surface area (Å²) in [4.78, 5) is 50.7. The predicted molar refractivity (Wildman–Crippen MR) is 165 cm³/mol. The number of esters is 2. The molecule has 1 N–H and O–H groups in total. The third-order valence-corrected chi connectivity index (χ3v) is 11.7. The van der Waals surface area contributed by atoms with Gasteiger partial charge in [0.05, 0.1) is 6.61 Å². The molecule has 5 rings (SSSR count). The van der Waals surface area contributed by atoms with E-state index in [1.165, 1.54) is 0 Å². The number of rotatable bonds is 9. The van der Waals surface area contributed by atoms with E-state index in [1.807, 2.05) is 27.7 Å². The van der Waals surface area contributed by atoms with Gasteiger partial charge in [-0.25, -0.2) is 9.59 Å². The summed E-state index contributed by atoms with van der Waals surface area (Å²) in [6, 6.07) is 5.07. The number of ketones is 1. The molecule has 1 heterocycles. The molecule has 9 atom stereocenters. The first kappa shape index (κ1) is 33.8. The number of alkyl halides is 2. The molecule has 244 valence electrons. The van der Waals surface area contributed by atoms with Gasteiger partial charge in [0, 0.05) is 22.7 Å². The Morgan fingerprint density at radius 1 is 1.22 bits per heavy atom. The maximum Gasteiger partial charge on any atom is 0.491 e. The van der Waals surface area contributed by atoms with Crippen molar-refractivity contribution < 1.29 is 47.8 Å². The summed E-state index contributed by atoms with van der Waals surface area (Å²) >= 11 is 11.6. The number of halogens is 2. The quantitative estimate of drug-likeness (QED) is 0.104. The van der Waals surface area contributed by atoms with Crippen LogP contribution in [0.4, 0.5) is 0 Å². The molecule has 0 radical (unpaired) electrons. The summed E-state index contributed by atoms with van der Waals surface area (Å²) in [6.07, 6.45) is 0.753. The van der Waals surface area contributed by atoms with E-state index in [9.17, 15) is 24.2 Å². The summed E-state index contributed by atoms with van der Waals surface area (Å²) in [5, 5.41) is 10.0. The van der Waals surface area contributed by atoms with Crippen LogP contribution < -0.4 is 10.2 Å². The third-order valence-electron chi connectivity index (χ3n) is 11.3. The van der Waals surface area contributed by atoms with Gasteiger partial charge in [-0.2, -0.15) is 0 Å². The van der Waals surface area contributed by atoms with Crippen LogP contribution in [0.15, 0.2) is 30.9 Å². The van der Waals surface area contributed by atoms with Crippen molar-refractivity contribution in [2.24, 2.45) is 34.0 Å². The molecular formula is C32H39BCl2O10. The van der Waals surface area contributed by atoms with Gasteiger partial charge in [0.1, 0.15) is 18.0 Å². The number of Topliss-reactive ketones (excluding diaryl/α,β-unsaturated/α-hetero) is 1. The third kappa shape index (κ3) is 5.68. The highest BCUT2D eigenvalue weighted by atomic mass is 35.5. The van der Waals surface area contributed by atoms with E-state index in [0.717, 1.165) is 5.56 Å². The van der Waals surface area contributed by atoms with Crippen LogP contribution >= 0.6 is 23.2 Å². The molecule has 13 heteroatoms. The number of hydrogen-bond donors (Lipinski definition) is 1. The van der Waals surface area contributed by atoms with E-state index < -0.39 is 71.0 Å². The first-order valence-electron chi connectivity index (χ1n) is 15.2. The van der Waals surface area contributed by atoms with Crippen LogP contribution in [-0.4, -0.2) is 66.1 Å². The molecule has 45 heavy (non-hydrogen) atoms. The maximum absolute atomic E-state index is 14.3. The second-order valence-electron chi connectivity index (χ2n) is 13.5. The van der Waals surface area contributed by atoms with Crippen LogP contribution in [0.2, 0.25) is 0 Å². The lowest BCUT2D eigenvalue weighted by Crippen LogP contribution is -2.63. The highest BCUT2D eigenvalue weighted by Gasteiger charge is 2.71. The number of fused-ring (bicyclic) bond motifs is 1. The van der Waals surface area contributed by atoms with Crippen LogP contribution in [0.25, 0.3) is 0 Å². The Morgan fingerprint density at radius 3 is 2.62 bits per heavy atom. The lowest BCUT2D eigenvalue weighted by molar-refractivity contribution is -0.211. The van der Waals surface area contributed by atoms with Gasteiger partial charge in [-0.1, -0.05) is 63.0 Å². The summed E-state index contributed by atoms with van der Waals surface area (Å²) < 4.78 is 28.6. The average molecular weight is 665 g/mol. The number of ether oxygens (including phenoxy) is 4. The normalized spacial score (nSPS) is 37.2. The minimum absolute atomic E-state index is 0.0791. The standard InChI is InChI=1S/C32H39BCl2O10/c1-6-30(4)13-23(45-24(37)15-41-20-8-7-19-14-43-33(40)21(19)11-20)31(5)17(2)9-10-32(18(3)27(30)42-16-36)12-22(25(38)26(31)32)44-29(39)28(34)35/h6-8,11,16-18,22-23,26-28,40H,1,9-10,12-15H2,2-5H3/t17-,18-,22-,23+,26-,27-,30+,31-,32-/m0/s1. The number of carbonyl (C=O) groups is 4. The van der Waals surface area contributed by atoms with Crippen LogP contribution in [0.5, 0.6) is 5.75 Å². The second kappa shape index (κ2) is 12.5. The fourth-order valence-electron chi connectivity index (χ4n) is 8.68. The first-order valence-corrected chi connectivity index (χ1v) is 16.1. The topological polar surface area (TPSA) is 135 Å². The summed E-state index contributed by atoms with van der Waals surface area (Å²) in [7, 11) is -1.06. The van der Waals surface area contributed by atoms with E-state index >= 15 is 0 Å². The first-order chi connectivity index (χ1) is 21.2. The molecule has 1 aromatic rings. The zero-order valence-corrected chi connectivity index (χ0v) is 27.3. The highest BCUT2D eigenvalue weighted by molar-refractivity contribution is 6.61. The van der Waals surface area contributed by atoms with E-state index in [1.54, 1.807) is 24.3 Å². The van der Waals surface area contributed by atoms with Crippen molar-refractivity contribution in [1.82, 2.24) is 0 Å². The summed E-state index contributed by atoms with van der Waals surface area (Å²) in [5.41, 5.74) is -1.11. The molecule has 0 unspecified atom stereocenters. The predicted octanol–water partition coefficient (Wildman–Crippen LogP) is 3.70. The zero-order chi connectivity index (χ0) is 32.9. The molecule has 3 aliphatic carbocycles. The molecule has 4 aliphatic rings. The summed E-state index contributed by atoms with van der Waals surface area (Å²) in [6.45, 7) is 12.2. The lowest BCUT2D eigenvalue weighted by atomic mass is 9.44. The average Bonchev–Trinajstić information content (AvgIpc) is 3.52. The number of carbonyl (C=O) groups excluding carboxylic acids is 4. The Kier molecular flexibility index (Phi) is 9.41. The van der Waals surface area contributed by atoms with Gasteiger partial charge < -0.3 is 28.6 Å². The van der Waals surface area contributed by atoms with Crippen molar-refractivity contribution in [3.63, 3.8) is 0 Å². The van der Waals surface area contributed by atoms with E-state index in [0.29, 0.717) is 30.5 Å². The maximum atomic E-state index is 14.3. The van der Waals surface area contributed by atoms with Gasteiger partial charge in [0.2, 0.25) is 4.84 Å². The Bertz CT molecular complexity index is 1370. The largest absolute Gasteiger partial charge is 0.491 e. The molecule has 2 bridgehead atoms. The molecular weight excluding hydrogens is 626 g/mol. The van der Waals surface area contributed by atoms with Crippen molar-refractivity contribution in [1.29, 1.82) is 0 Å². The molecule has 10 nitrogen and oxygen atoms in total. The van der Waals surface area contributed by atoms with Crippen molar-refractivity contribution in [2.45, 2.75) is 83.1 Å². The molecule has 1 aromatic carbocycles. The smallest absolute Gasteiger partial charge is 0.482 e. The molecule has 0 saturated heterocycles. The van der Waals surface area contributed by atoms with Gasteiger partial charge in [-0.3, -0.25) is 9.59 Å². The van der Waals surface area contributed by atoms with Crippen molar-refractivity contribution in [3.8, 4) is 5.75 Å². The van der Waals surface area contributed by atoms with E-state index in [2.05, 4.69) is 6.58 Å². The molecule has 0 amide bonds. The van der Waals surface area contributed by atoms with Gasteiger partial charge in [0.15, 0.2) is 18.5 Å². The monoisotopic (exact) mass is 664 g/mol. The van der Waals surface area contributed by atoms with E-state index in [4.69, 9.17) is 46.8 Å². The minimum Gasteiger partial charge on any atom is -0.482 e. The summed E-state index contributed by atoms with van der Waals surface area (Å²) in [5.74, 6) is -2.63. The van der Waals surface area contributed by atoms with Gasteiger partial charge in [0.25, 0.3) is 6.47 Å². The van der Waals surface area contributed by atoms with Gasteiger partial charge in [-0.15, -0.1) is 6.58 Å². The number of hydrogen-bond acceptors (Lipinski definition) is 10. The Morgan fingerprint density at radius 2 is 1.96 bits per heavy atom. The van der Waals surface area contributed by atoms with Crippen LogP contribution in [0.3, 0.4) is 0 Å². The van der Waals surface area contributed by atoms with Crippen LogP contribution in [-0.2, 0) is 44.6 Å².